The third-order valence-corrected chi connectivity index (χ3v) is 6.84. The lowest BCUT2D eigenvalue weighted by molar-refractivity contribution is -0.115. The molecule has 0 aromatic rings. The maximum absolute atomic E-state index is 12.4. The molecule has 0 saturated carbocycles. The topological polar surface area (TPSA) is 34.1 Å². The van der Waals surface area contributed by atoms with Crippen molar-refractivity contribution in [2.75, 3.05) is 0 Å². The highest BCUT2D eigenvalue weighted by molar-refractivity contribution is 6.19. The van der Waals surface area contributed by atoms with Gasteiger partial charge < -0.3 is 0 Å². The fourth-order valence-corrected chi connectivity index (χ4v) is 4.64. The van der Waals surface area contributed by atoms with Crippen LogP contribution in [0.15, 0.2) is 23.3 Å². The van der Waals surface area contributed by atoms with Crippen LogP contribution in [0.4, 0.5) is 0 Å². The van der Waals surface area contributed by atoms with Gasteiger partial charge >= 0.3 is 0 Å². The van der Waals surface area contributed by atoms with Crippen molar-refractivity contribution in [2.45, 2.75) is 155 Å². The maximum atomic E-state index is 12.4. The van der Waals surface area contributed by atoms with E-state index in [1.165, 1.54) is 116 Å². The number of carbonyl (C=O) groups excluding carboxylic acids is 2. The summed E-state index contributed by atoms with van der Waals surface area (Å²) in [5, 5.41) is 0. The van der Waals surface area contributed by atoms with Crippen LogP contribution in [0.5, 0.6) is 0 Å². The lowest BCUT2D eigenvalue weighted by Crippen LogP contribution is -2.13. The molecule has 184 valence electrons. The van der Waals surface area contributed by atoms with E-state index in [1.54, 1.807) is 12.2 Å². The first kappa shape index (κ1) is 28.9. The number of allylic oxidation sites excluding steroid dienone is 4. The smallest absolute Gasteiger partial charge is 0.182 e. The molecule has 1 rings (SSSR count). The first-order valence-corrected chi connectivity index (χ1v) is 14.2. The minimum Gasteiger partial charge on any atom is -0.290 e. The van der Waals surface area contributed by atoms with Gasteiger partial charge in [-0.2, -0.15) is 0 Å². The molecular formula is C30H52O2. The summed E-state index contributed by atoms with van der Waals surface area (Å²) in [6, 6.07) is 0. The Morgan fingerprint density at radius 1 is 0.406 bits per heavy atom. The van der Waals surface area contributed by atoms with E-state index in [-0.39, 0.29) is 11.6 Å². The molecule has 0 aliphatic heterocycles. The van der Waals surface area contributed by atoms with Gasteiger partial charge in [-0.05, 0) is 37.8 Å². The minimum absolute atomic E-state index is 0.0857. The van der Waals surface area contributed by atoms with Gasteiger partial charge in [0.15, 0.2) is 11.6 Å². The number of rotatable bonds is 22. The Labute approximate surface area is 199 Å². The molecule has 32 heavy (non-hydrogen) atoms. The fraction of sp³-hybridized carbons (Fsp3) is 0.800. The predicted molar refractivity (Wildman–Crippen MR) is 139 cm³/mol. The van der Waals surface area contributed by atoms with Gasteiger partial charge in [-0.3, -0.25) is 9.59 Å². The Morgan fingerprint density at radius 2 is 0.656 bits per heavy atom. The van der Waals surface area contributed by atoms with Crippen molar-refractivity contribution in [3.63, 3.8) is 0 Å². The molecule has 0 radical (unpaired) electrons. The largest absolute Gasteiger partial charge is 0.290 e. The molecule has 0 bridgehead atoms. The molecule has 0 N–H and O–H groups in total. The van der Waals surface area contributed by atoms with E-state index in [0.717, 1.165) is 36.8 Å². The highest BCUT2D eigenvalue weighted by atomic mass is 16.1. The zero-order valence-corrected chi connectivity index (χ0v) is 21.5. The molecule has 2 nitrogen and oxygen atoms in total. The molecule has 0 spiro atoms. The predicted octanol–water partition coefficient (Wildman–Crippen LogP) is 9.61. The van der Waals surface area contributed by atoms with Gasteiger partial charge in [-0.15, -0.1) is 0 Å². The molecule has 2 heteroatoms. The summed E-state index contributed by atoms with van der Waals surface area (Å²) >= 11 is 0. The molecular weight excluding hydrogens is 392 g/mol. The van der Waals surface area contributed by atoms with Gasteiger partial charge in [0.2, 0.25) is 0 Å². The minimum atomic E-state index is 0.0857. The first-order valence-electron chi connectivity index (χ1n) is 14.2. The summed E-state index contributed by atoms with van der Waals surface area (Å²) in [5.74, 6) is 0.171. The van der Waals surface area contributed by atoms with E-state index in [0.29, 0.717) is 0 Å². The van der Waals surface area contributed by atoms with Crippen LogP contribution < -0.4 is 0 Å². The van der Waals surface area contributed by atoms with Crippen molar-refractivity contribution in [3.05, 3.63) is 23.3 Å². The van der Waals surface area contributed by atoms with E-state index in [4.69, 9.17) is 0 Å². The summed E-state index contributed by atoms with van der Waals surface area (Å²) in [6.07, 6.45) is 30.6. The van der Waals surface area contributed by atoms with Crippen molar-refractivity contribution < 1.29 is 9.59 Å². The average molecular weight is 445 g/mol. The Balaban J connectivity index is 2.05. The van der Waals surface area contributed by atoms with E-state index in [9.17, 15) is 9.59 Å². The zero-order chi connectivity index (χ0) is 23.3. The van der Waals surface area contributed by atoms with Gasteiger partial charge in [0.25, 0.3) is 0 Å². The van der Waals surface area contributed by atoms with Gasteiger partial charge in [0, 0.05) is 11.1 Å². The number of carbonyl (C=O) groups is 2. The summed E-state index contributed by atoms with van der Waals surface area (Å²) in [6.45, 7) is 4.52. The second-order valence-corrected chi connectivity index (χ2v) is 9.93. The van der Waals surface area contributed by atoms with E-state index in [1.807, 2.05) is 0 Å². The fourth-order valence-electron chi connectivity index (χ4n) is 4.64. The summed E-state index contributed by atoms with van der Waals surface area (Å²) in [7, 11) is 0. The number of ketones is 2. The van der Waals surface area contributed by atoms with Crippen molar-refractivity contribution in [1.82, 2.24) is 0 Å². The van der Waals surface area contributed by atoms with Gasteiger partial charge in [0.05, 0.1) is 0 Å². The van der Waals surface area contributed by atoms with Crippen LogP contribution >= 0.6 is 0 Å². The lowest BCUT2D eigenvalue weighted by atomic mass is 9.90. The zero-order valence-electron chi connectivity index (χ0n) is 21.5. The second kappa shape index (κ2) is 20.4. The molecule has 0 amide bonds. The van der Waals surface area contributed by atoms with Crippen molar-refractivity contribution >= 4 is 11.6 Å². The molecule has 1 aliphatic carbocycles. The highest BCUT2D eigenvalue weighted by Gasteiger charge is 2.19. The Kier molecular flexibility index (Phi) is 18.4. The van der Waals surface area contributed by atoms with Crippen LogP contribution in [0.2, 0.25) is 0 Å². The van der Waals surface area contributed by atoms with Crippen LogP contribution in [0.1, 0.15) is 155 Å². The SMILES string of the molecule is CCCCCCCCCCCCC1=CC(=O)C(CCCCCCCCCCCC)=CC1=O. The highest BCUT2D eigenvalue weighted by Crippen LogP contribution is 2.22. The Morgan fingerprint density at radius 3 is 0.938 bits per heavy atom. The monoisotopic (exact) mass is 444 g/mol. The van der Waals surface area contributed by atoms with Gasteiger partial charge in [-0.25, -0.2) is 0 Å². The van der Waals surface area contributed by atoms with Gasteiger partial charge in [0.1, 0.15) is 0 Å². The summed E-state index contributed by atoms with van der Waals surface area (Å²) in [5.41, 5.74) is 1.47. The third-order valence-electron chi connectivity index (χ3n) is 6.84. The average Bonchev–Trinajstić information content (AvgIpc) is 2.79. The van der Waals surface area contributed by atoms with E-state index < -0.39 is 0 Å². The Hall–Kier alpha value is -1.18. The molecule has 0 heterocycles. The van der Waals surface area contributed by atoms with Crippen molar-refractivity contribution in [3.8, 4) is 0 Å². The van der Waals surface area contributed by atoms with E-state index >= 15 is 0 Å². The van der Waals surface area contributed by atoms with Crippen LogP contribution in [0.25, 0.3) is 0 Å². The van der Waals surface area contributed by atoms with Crippen LogP contribution in [0, 0.1) is 0 Å². The lowest BCUT2D eigenvalue weighted by Gasteiger charge is -2.12. The molecule has 1 aliphatic rings. The number of hydrogen-bond acceptors (Lipinski definition) is 2. The Bertz CT molecular complexity index is 505. The van der Waals surface area contributed by atoms with Crippen molar-refractivity contribution in [1.29, 1.82) is 0 Å². The molecule has 0 atom stereocenters. The number of hydrogen-bond donors (Lipinski definition) is 0. The van der Waals surface area contributed by atoms with Gasteiger partial charge in [-0.1, -0.05) is 129 Å². The standard InChI is InChI=1S/C30H52O2/c1-3-5-7-9-11-13-15-17-19-21-23-27-25-30(32)28(26-29(27)31)24-22-20-18-16-14-12-10-8-6-4-2/h25-26H,3-24H2,1-2H3. The van der Waals surface area contributed by atoms with Crippen LogP contribution in [-0.4, -0.2) is 11.6 Å². The number of unbranched alkanes of at least 4 members (excludes halogenated alkanes) is 18. The third kappa shape index (κ3) is 14.8. The van der Waals surface area contributed by atoms with Crippen molar-refractivity contribution in [2.24, 2.45) is 0 Å². The summed E-state index contributed by atoms with van der Waals surface area (Å²) in [4.78, 5) is 24.9. The molecule has 0 saturated heterocycles. The van der Waals surface area contributed by atoms with E-state index in [2.05, 4.69) is 13.8 Å². The normalized spacial score (nSPS) is 14.1. The molecule has 0 fully saturated rings. The molecule has 0 unspecified atom stereocenters. The maximum Gasteiger partial charge on any atom is 0.182 e. The second-order valence-electron chi connectivity index (χ2n) is 9.93. The van der Waals surface area contributed by atoms with Crippen LogP contribution in [-0.2, 0) is 9.59 Å². The first-order chi connectivity index (χ1) is 15.7. The van der Waals surface area contributed by atoms with Crippen LogP contribution in [0.3, 0.4) is 0 Å². The summed E-state index contributed by atoms with van der Waals surface area (Å²) < 4.78 is 0. The molecule has 0 aromatic carbocycles. The quantitative estimate of drug-likeness (QED) is 0.123. The molecule has 0 aromatic heterocycles.